The number of sulfonamides is 1. The average Bonchev–Trinajstić information content (AvgIpc) is 2.67. The van der Waals surface area contributed by atoms with Crippen molar-refractivity contribution in [2.75, 3.05) is 18.4 Å². The van der Waals surface area contributed by atoms with Gasteiger partial charge in [-0.05, 0) is 48.0 Å². The molecular formula is C20H20N2O4S. The Hall–Kier alpha value is -3.06. The smallest absolute Gasteiger partial charge is 0.261 e. The minimum Gasteiger partial charge on any atom is -0.496 e. The van der Waals surface area contributed by atoms with Crippen LogP contribution in [0.3, 0.4) is 0 Å². The highest BCUT2D eigenvalue weighted by molar-refractivity contribution is 7.92. The van der Waals surface area contributed by atoms with E-state index in [0.29, 0.717) is 18.0 Å². The van der Waals surface area contributed by atoms with E-state index in [9.17, 15) is 13.2 Å². The monoisotopic (exact) mass is 384 g/mol. The van der Waals surface area contributed by atoms with Gasteiger partial charge in [-0.1, -0.05) is 30.3 Å². The number of anilines is 1. The highest BCUT2D eigenvalue weighted by atomic mass is 32.2. The highest BCUT2D eigenvalue weighted by Crippen LogP contribution is 2.25. The molecule has 0 saturated carbocycles. The molecule has 0 unspecified atom stereocenters. The van der Waals surface area contributed by atoms with E-state index in [1.165, 1.54) is 25.3 Å². The summed E-state index contributed by atoms with van der Waals surface area (Å²) in [4.78, 5) is 12.2. The van der Waals surface area contributed by atoms with Crippen LogP contribution in [0.1, 0.15) is 17.3 Å². The molecule has 0 fully saturated rings. The third kappa shape index (κ3) is 4.03. The van der Waals surface area contributed by atoms with Crippen molar-refractivity contribution in [1.82, 2.24) is 5.32 Å². The number of hydrogen-bond donors (Lipinski definition) is 2. The number of carbonyl (C=O) groups is 1. The maximum atomic E-state index is 12.8. The molecule has 3 rings (SSSR count). The van der Waals surface area contributed by atoms with Crippen LogP contribution in [-0.4, -0.2) is 28.0 Å². The van der Waals surface area contributed by atoms with Crippen molar-refractivity contribution in [2.24, 2.45) is 0 Å². The van der Waals surface area contributed by atoms with Crippen LogP contribution >= 0.6 is 0 Å². The Balaban J connectivity index is 1.95. The van der Waals surface area contributed by atoms with Gasteiger partial charge in [0.15, 0.2) is 0 Å². The molecule has 0 spiro atoms. The SMILES string of the molecule is CCNC(=O)c1cc(S(=O)(=O)Nc2ccc3ccccc3c2)ccc1OC. The van der Waals surface area contributed by atoms with Crippen LogP contribution in [0.5, 0.6) is 5.75 Å². The minimum atomic E-state index is -3.86. The second kappa shape index (κ2) is 7.67. The first kappa shape index (κ1) is 18.7. The summed E-state index contributed by atoms with van der Waals surface area (Å²) in [6.45, 7) is 2.21. The molecule has 140 valence electrons. The van der Waals surface area contributed by atoms with Gasteiger partial charge in [0, 0.05) is 12.2 Å². The Morgan fingerprint density at radius 1 is 1.00 bits per heavy atom. The summed E-state index contributed by atoms with van der Waals surface area (Å²) in [6.07, 6.45) is 0. The summed E-state index contributed by atoms with van der Waals surface area (Å²) in [5.41, 5.74) is 0.616. The molecule has 0 aromatic heterocycles. The molecule has 0 atom stereocenters. The van der Waals surface area contributed by atoms with E-state index >= 15 is 0 Å². The zero-order chi connectivity index (χ0) is 19.4. The molecular weight excluding hydrogens is 364 g/mol. The van der Waals surface area contributed by atoms with Crippen molar-refractivity contribution in [2.45, 2.75) is 11.8 Å². The summed E-state index contributed by atoms with van der Waals surface area (Å²) in [6, 6.07) is 17.2. The number of methoxy groups -OCH3 is 1. The lowest BCUT2D eigenvalue weighted by atomic mass is 10.1. The topological polar surface area (TPSA) is 84.5 Å². The first-order chi connectivity index (χ1) is 12.9. The maximum absolute atomic E-state index is 12.8. The predicted molar refractivity (Wildman–Crippen MR) is 106 cm³/mol. The predicted octanol–water partition coefficient (Wildman–Crippen LogP) is 3.40. The molecule has 3 aromatic rings. The van der Waals surface area contributed by atoms with E-state index < -0.39 is 15.9 Å². The largest absolute Gasteiger partial charge is 0.496 e. The van der Waals surface area contributed by atoms with Gasteiger partial charge < -0.3 is 10.1 Å². The van der Waals surface area contributed by atoms with Gasteiger partial charge in [0.2, 0.25) is 0 Å². The zero-order valence-electron chi connectivity index (χ0n) is 15.0. The Morgan fingerprint density at radius 2 is 1.74 bits per heavy atom. The van der Waals surface area contributed by atoms with Crippen LogP contribution in [-0.2, 0) is 10.0 Å². The lowest BCUT2D eigenvalue weighted by Gasteiger charge is -2.12. The molecule has 6 nitrogen and oxygen atoms in total. The van der Waals surface area contributed by atoms with Crippen LogP contribution in [0, 0.1) is 0 Å². The Labute approximate surface area is 158 Å². The molecule has 0 radical (unpaired) electrons. The summed E-state index contributed by atoms with van der Waals surface area (Å²) in [5.74, 6) is -0.0808. The number of benzene rings is 3. The fraction of sp³-hybridized carbons (Fsp3) is 0.150. The van der Waals surface area contributed by atoms with E-state index in [4.69, 9.17) is 4.74 Å². The summed E-state index contributed by atoms with van der Waals surface area (Å²) >= 11 is 0. The third-order valence-electron chi connectivity index (χ3n) is 4.06. The number of hydrogen-bond acceptors (Lipinski definition) is 4. The molecule has 0 aliphatic heterocycles. The maximum Gasteiger partial charge on any atom is 0.261 e. The zero-order valence-corrected chi connectivity index (χ0v) is 15.8. The molecule has 0 bridgehead atoms. The molecule has 7 heteroatoms. The molecule has 27 heavy (non-hydrogen) atoms. The standard InChI is InChI=1S/C20H20N2O4S/c1-3-21-20(23)18-13-17(10-11-19(18)26-2)27(24,25)22-16-9-8-14-6-4-5-7-15(14)12-16/h4-13,22H,3H2,1-2H3,(H,21,23). The molecule has 1 amide bonds. The summed E-state index contributed by atoms with van der Waals surface area (Å²) in [7, 11) is -2.43. The number of nitrogens with one attached hydrogen (secondary N) is 2. The number of rotatable bonds is 6. The van der Waals surface area contributed by atoms with Crippen LogP contribution < -0.4 is 14.8 Å². The second-order valence-corrected chi connectivity index (χ2v) is 7.57. The number of amides is 1. The molecule has 0 aliphatic carbocycles. The quantitative estimate of drug-likeness (QED) is 0.682. The molecule has 2 N–H and O–H groups in total. The minimum absolute atomic E-state index is 0.0160. The number of fused-ring (bicyclic) bond motifs is 1. The van der Waals surface area contributed by atoms with Crippen LogP contribution in [0.15, 0.2) is 65.6 Å². The number of carbonyl (C=O) groups excluding carboxylic acids is 1. The average molecular weight is 384 g/mol. The fourth-order valence-corrected chi connectivity index (χ4v) is 3.83. The van der Waals surface area contributed by atoms with Crippen molar-refractivity contribution in [3.8, 4) is 5.75 Å². The van der Waals surface area contributed by atoms with Gasteiger partial charge in [0.1, 0.15) is 5.75 Å². The van der Waals surface area contributed by atoms with Crippen molar-refractivity contribution >= 4 is 32.4 Å². The summed E-state index contributed by atoms with van der Waals surface area (Å²) in [5, 5.41) is 4.59. The molecule has 3 aromatic carbocycles. The third-order valence-corrected chi connectivity index (χ3v) is 5.44. The van der Waals surface area contributed by atoms with E-state index in [0.717, 1.165) is 10.8 Å². The van der Waals surface area contributed by atoms with Gasteiger partial charge in [-0.2, -0.15) is 0 Å². The Bertz CT molecular complexity index is 1090. The Kier molecular flexibility index (Phi) is 5.32. The fourth-order valence-electron chi connectivity index (χ4n) is 2.75. The van der Waals surface area contributed by atoms with E-state index in [1.807, 2.05) is 30.3 Å². The van der Waals surface area contributed by atoms with Gasteiger partial charge in [0.25, 0.3) is 15.9 Å². The van der Waals surface area contributed by atoms with Gasteiger partial charge >= 0.3 is 0 Å². The van der Waals surface area contributed by atoms with Gasteiger partial charge in [-0.25, -0.2) is 8.42 Å². The normalized spacial score (nSPS) is 11.2. The molecule has 0 saturated heterocycles. The van der Waals surface area contributed by atoms with Crippen LogP contribution in [0.4, 0.5) is 5.69 Å². The van der Waals surface area contributed by atoms with Crippen molar-refractivity contribution in [3.05, 3.63) is 66.2 Å². The lowest BCUT2D eigenvalue weighted by Crippen LogP contribution is -2.24. The van der Waals surface area contributed by atoms with Crippen LogP contribution in [0.25, 0.3) is 10.8 Å². The van der Waals surface area contributed by atoms with Gasteiger partial charge in [-0.3, -0.25) is 9.52 Å². The van der Waals surface area contributed by atoms with E-state index in [-0.39, 0.29) is 10.5 Å². The van der Waals surface area contributed by atoms with E-state index in [1.54, 1.807) is 19.1 Å². The second-order valence-electron chi connectivity index (χ2n) is 5.89. The first-order valence-electron chi connectivity index (χ1n) is 8.42. The Morgan fingerprint density at radius 3 is 2.44 bits per heavy atom. The van der Waals surface area contributed by atoms with Crippen molar-refractivity contribution in [1.29, 1.82) is 0 Å². The summed E-state index contributed by atoms with van der Waals surface area (Å²) < 4.78 is 33.3. The first-order valence-corrected chi connectivity index (χ1v) is 9.91. The molecule has 0 aliphatic rings. The van der Waals surface area contributed by atoms with E-state index in [2.05, 4.69) is 10.0 Å². The van der Waals surface area contributed by atoms with Crippen molar-refractivity contribution in [3.63, 3.8) is 0 Å². The number of ether oxygens (including phenoxy) is 1. The van der Waals surface area contributed by atoms with Crippen LogP contribution in [0.2, 0.25) is 0 Å². The lowest BCUT2D eigenvalue weighted by molar-refractivity contribution is 0.0952. The highest BCUT2D eigenvalue weighted by Gasteiger charge is 2.20. The van der Waals surface area contributed by atoms with Crippen molar-refractivity contribution < 1.29 is 17.9 Å². The van der Waals surface area contributed by atoms with Gasteiger partial charge in [-0.15, -0.1) is 0 Å². The molecule has 0 heterocycles. The van der Waals surface area contributed by atoms with Gasteiger partial charge in [0.05, 0.1) is 17.6 Å².